The van der Waals surface area contributed by atoms with E-state index in [-0.39, 0.29) is 26.1 Å². The Morgan fingerprint density at radius 3 is 1.76 bits per heavy atom. The maximum absolute atomic E-state index is 13.9. The normalized spacial score (nSPS) is 32.3. The van der Waals surface area contributed by atoms with Gasteiger partial charge in [-0.25, -0.2) is 22.0 Å². The van der Waals surface area contributed by atoms with Crippen molar-refractivity contribution in [3.8, 4) is 0 Å². The predicted molar refractivity (Wildman–Crippen MR) is 60.9 cm³/mol. The Hall–Kier alpha value is -1.25. The Morgan fingerprint density at radius 1 is 0.857 bits per heavy atom. The zero-order valence-electron chi connectivity index (χ0n) is 10.7. The molecule has 2 N–H and O–H groups in total. The monoisotopic (exact) mass is 309 g/mol. The Bertz CT molecular complexity index is 553. The molecule has 0 amide bonds. The summed E-state index contributed by atoms with van der Waals surface area (Å²) in [6.07, 6.45) is -0.385. The Kier molecular flexibility index (Phi) is 3.42. The molecule has 0 spiro atoms. The molecule has 21 heavy (non-hydrogen) atoms. The summed E-state index contributed by atoms with van der Waals surface area (Å²) in [5.74, 6) is -10.3. The average molecular weight is 309 g/mol. The fraction of sp³-hybridized carbons (Fsp3) is 0.538. The summed E-state index contributed by atoms with van der Waals surface area (Å²) in [6.45, 7) is 0.405. The SMILES string of the molecule is OC1(c2c(F)c(F)c(F)c(F)c2F)CC2COCC(C1)N2. The molecule has 116 valence electrons. The van der Waals surface area contributed by atoms with Crippen LogP contribution >= 0.6 is 0 Å². The highest BCUT2D eigenvalue weighted by Crippen LogP contribution is 2.40. The van der Waals surface area contributed by atoms with Crippen molar-refractivity contribution in [3.05, 3.63) is 34.6 Å². The first-order valence-corrected chi connectivity index (χ1v) is 6.41. The van der Waals surface area contributed by atoms with Crippen LogP contribution < -0.4 is 5.32 Å². The number of hydrogen-bond acceptors (Lipinski definition) is 3. The minimum atomic E-state index is -2.23. The van der Waals surface area contributed by atoms with Crippen LogP contribution in [-0.4, -0.2) is 30.4 Å². The lowest BCUT2D eigenvalue weighted by molar-refractivity contribution is -0.0840. The summed E-state index contributed by atoms with van der Waals surface area (Å²) < 4.78 is 72.7. The van der Waals surface area contributed by atoms with Gasteiger partial charge in [-0.15, -0.1) is 0 Å². The van der Waals surface area contributed by atoms with E-state index in [1.165, 1.54) is 0 Å². The molecule has 2 saturated heterocycles. The molecule has 0 saturated carbocycles. The number of nitrogens with one attached hydrogen (secondary N) is 1. The van der Waals surface area contributed by atoms with Crippen LogP contribution in [0, 0.1) is 29.1 Å². The molecular formula is C13H12F5NO2. The molecule has 8 heteroatoms. The number of rotatable bonds is 1. The van der Waals surface area contributed by atoms with Crippen LogP contribution in [0.25, 0.3) is 0 Å². The molecule has 0 radical (unpaired) electrons. The minimum absolute atomic E-state index is 0.193. The topological polar surface area (TPSA) is 41.5 Å². The van der Waals surface area contributed by atoms with Crippen LogP contribution in [0.3, 0.4) is 0 Å². The highest BCUT2D eigenvalue weighted by atomic mass is 19.2. The molecular weight excluding hydrogens is 297 g/mol. The second kappa shape index (κ2) is 4.89. The van der Waals surface area contributed by atoms with Crippen LogP contribution in [0.2, 0.25) is 0 Å². The first-order chi connectivity index (χ1) is 9.83. The second-order valence-corrected chi connectivity index (χ2v) is 5.48. The van der Waals surface area contributed by atoms with Crippen molar-refractivity contribution < 1.29 is 31.8 Å². The number of halogens is 5. The van der Waals surface area contributed by atoms with Gasteiger partial charge in [0.2, 0.25) is 5.82 Å². The lowest BCUT2D eigenvalue weighted by Crippen LogP contribution is -2.59. The highest BCUT2D eigenvalue weighted by Gasteiger charge is 2.47. The fourth-order valence-corrected chi connectivity index (χ4v) is 3.13. The van der Waals surface area contributed by atoms with Crippen molar-refractivity contribution in [1.29, 1.82) is 0 Å². The molecule has 3 nitrogen and oxygen atoms in total. The van der Waals surface area contributed by atoms with Crippen molar-refractivity contribution in [2.24, 2.45) is 0 Å². The number of hydrogen-bond donors (Lipinski definition) is 2. The highest BCUT2D eigenvalue weighted by molar-refractivity contribution is 5.31. The van der Waals surface area contributed by atoms with Crippen LogP contribution in [-0.2, 0) is 10.3 Å². The van der Waals surface area contributed by atoms with Crippen LogP contribution in [0.15, 0.2) is 0 Å². The summed E-state index contributed by atoms with van der Waals surface area (Å²) in [6, 6.07) is -0.810. The Balaban J connectivity index is 2.11. The molecule has 2 unspecified atom stereocenters. The Labute approximate surface area is 116 Å². The van der Waals surface area contributed by atoms with E-state index in [1.807, 2.05) is 0 Å². The van der Waals surface area contributed by atoms with E-state index >= 15 is 0 Å². The molecule has 2 bridgehead atoms. The molecule has 2 fully saturated rings. The number of piperidine rings is 1. The molecule has 2 aliphatic heterocycles. The van der Waals surface area contributed by atoms with Crippen LogP contribution in [0.5, 0.6) is 0 Å². The zero-order chi connectivity index (χ0) is 15.4. The van der Waals surface area contributed by atoms with E-state index in [4.69, 9.17) is 4.74 Å². The van der Waals surface area contributed by atoms with Crippen molar-refractivity contribution in [3.63, 3.8) is 0 Å². The molecule has 1 aromatic rings. The van der Waals surface area contributed by atoms with Gasteiger partial charge < -0.3 is 15.2 Å². The van der Waals surface area contributed by atoms with Gasteiger partial charge in [0.15, 0.2) is 23.3 Å². The number of morpholine rings is 1. The maximum Gasteiger partial charge on any atom is 0.200 e. The zero-order valence-corrected chi connectivity index (χ0v) is 10.7. The van der Waals surface area contributed by atoms with E-state index in [2.05, 4.69) is 5.32 Å². The van der Waals surface area contributed by atoms with E-state index in [0.29, 0.717) is 0 Å². The third-order valence-electron chi connectivity index (χ3n) is 3.95. The smallest absolute Gasteiger partial charge is 0.200 e. The largest absolute Gasteiger partial charge is 0.385 e. The third kappa shape index (κ3) is 2.21. The molecule has 2 heterocycles. The standard InChI is InChI=1S/C13H12F5NO2/c14-8-7(9(15)11(17)12(18)10(8)16)13(20)1-5-3-21-4-6(2-13)19-5/h5-6,19-20H,1-4H2. The third-order valence-corrected chi connectivity index (χ3v) is 3.95. The van der Waals surface area contributed by atoms with Gasteiger partial charge in [-0.3, -0.25) is 0 Å². The number of fused-ring (bicyclic) bond motifs is 2. The number of aliphatic hydroxyl groups is 1. The van der Waals surface area contributed by atoms with Gasteiger partial charge in [-0.1, -0.05) is 0 Å². The molecule has 2 atom stereocenters. The first kappa shape index (κ1) is 14.7. The number of ether oxygens (including phenoxy) is 1. The second-order valence-electron chi connectivity index (χ2n) is 5.48. The minimum Gasteiger partial charge on any atom is -0.385 e. The lowest BCUT2D eigenvalue weighted by Gasteiger charge is -2.45. The lowest BCUT2D eigenvalue weighted by atomic mass is 9.77. The molecule has 3 rings (SSSR count). The van der Waals surface area contributed by atoms with Gasteiger partial charge >= 0.3 is 0 Å². The summed E-state index contributed by atoms with van der Waals surface area (Å²) in [5, 5.41) is 13.6. The van der Waals surface area contributed by atoms with E-state index in [9.17, 15) is 27.1 Å². The average Bonchev–Trinajstić information content (AvgIpc) is 2.42. The van der Waals surface area contributed by atoms with E-state index < -0.39 is 52.3 Å². The van der Waals surface area contributed by atoms with Gasteiger partial charge in [0.25, 0.3) is 0 Å². The molecule has 0 aromatic heterocycles. The Morgan fingerprint density at radius 2 is 1.29 bits per heavy atom. The molecule has 0 aliphatic carbocycles. The first-order valence-electron chi connectivity index (χ1n) is 6.41. The maximum atomic E-state index is 13.9. The van der Waals surface area contributed by atoms with Crippen LogP contribution in [0.4, 0.5) is 22.0 Å². The summed E-state index contributed by atoms with van der Waals surface area (Å²) in [5.41, 5.74) is -3.27. The van der Waals surface area contributed by atoms with Crippen LogP contribution in [0.1, 0.15) is 18.4 Å². The van der Waals surface area contributed by atoms with Gasteiger partial charge in [0, 0.05) is 12.1 Å². The number of benzene rings is 1. The fourth-order valence-electron chi connectivity index (χ4n) is 3.13. The van der Waals surface area contributed by atoms with Gasteiger partial charge in [0.1, 0.15) is 0 Å². The van der Waals surface area contributed by atoms with Crippen molar-refractivity contribution in [1.82, 2.24) is 5.32 Å². The molecule has 2 aliphatic rings. The summed E-state index contributed by atoms with van der Waals surface area (Å²) >= 11 is 0. The van der Waals surface area contributed by atoms with E-state index in [1.54, 1.807) is 0 Å². The van der Waals surface area contributed by atoms with Crippen molar-refractivity contribution in [2.75, 3.05) is 13.2 Å². The van der Waals surface area contributed by atoms with Gasteiger partial charge in [-0.05, 0) is 12.8 Å². The van der Waals surface area contributed by atoms with Crippen molar-refractivity contribution in [2.45, 2.75) is 30.5 Å². The van der Waals surface area contributed by atoms with E-state index in [0.717, 1.165) is 0 Å². The summed E-state index contributed by atoms with van der Waals surface area (Å²) in [7, 11) is 0. The van der Waals surface area contributed by atoms with Crippen molar-refractivity contribution >= 4 is 0 Å². The van der Waals surface area contributed by atoms with Gasteiger partial charge in [-0.2, -0.15) is 0 Å². The summed E-state index contributed by atoms with van der Waals surface area (Å²) in [4.78, 5) is 0. The quantitative estimate of drug-likeness (QED) is 0.471. The van der Waals surface area contributed by atoms with Gasteiger partial charge in [0.05, 0.1) is 24.4 Å². The molecule has 1 aromatic carbocycles. The predicted octanol–water partition coefficient (Wildman–Crippen LogP) is 1.72.